The van der Waals surface area contributed by atoms with Crippen LogP contribution in [0.15, 0.2) is 55.4 Å². The molecule has 5 nitrogen and oxygen atoms in total. The lowest BCUT2D eigenvalue weighted by molar-refractivity contribution is -0.134. The smallest absolute Gasteiger partial charge is 0.261 e. The Balaban J connectivity index is 1.64. The van der Waals surface area contributed by atoms with Gasteiger partial charge in [-0.1, -0.05) is 18.2 Å². The molecule has 26 heavy (non-hydrogen) atoms. The van der Waals surface area contributed by atoms with Crippen molar-refractivity contribution >= 4 is 5.91 Å². The number of hydrogen-bond donors (Lipinski definition) is 0. The summed E-state index contributed by atoms with van der Waals surface area (Å²) in [6, 6.07) is 9.89. The Morgan fingerprint density at radius 1 is 1.31 bits per heavy atom. The number of methoxy groups -OCH3 is 1. The number of amides is 1. The van der Waals surface area contributed by atoms with E-state index in [9.17, 15) is 4.79 Å². The van der Waals surface area contributed by atoms with Gasteiger partial charge in [0.25, 0.3) is 5.91 Å². The summed E-state index contributed by atoms with van der Waals surface area (Å²) in [6.07, 6.45) is 8.22. The van der Waals surface area contributed by atoms with Gasteiger partial charge in [0.05, 0.1) is 7.11 Å². The van der Waals surface area contributed by atoms with Gasteiger partial charge in [-0.15, -0.1) is 6.58 Å². The van der Waals surface area contributed by atoms with Crippen LogP contribution in [0.5, 0.6) is 11.5 Å². The van der Waals surface area contributed by atoms with Crippen LogP contribution in [0.25, 0.3) is 0 Å². The van der Waals surface area contributed by atoms with Crippen molar-refractivity contribution in [1.29, 1.82) is 0 Å². The van der Waals surface area contributed by atoms with E-state index in [-0.39, 0.29) is 12.5 Å². The van der Waals surface area contributed by atoms with Crippen LogP contribution in [0.2, 0.25) is 0 Å². The van der Waals surface area contributed by atoms with Crippen molar-refractivity contribution in [3.63, 3.8) is 0 Å². The summed E-state index contributed by atoms with van der Waals surface area (Å²) in [6.45, 7) is 4.30. The van der Waals surface area contributed by atoms with Gasteiger partial charge in [0.15, 0.2) is 18.1 Å². The maximum absolute atomic E-state index is 12.7. The second-order valence-electron chi connectivity index (χ2n) is 6.38. The fraction of sp³-hybridized carbons (Fsp3) is 0.333. The number of benzene rings is 1. The van der Waals surface area contributed by atoms with E-state index in [2.05, 4.69) is 11.6 Å². The van der Waals surface area contributed by atoms with Crippen LogP contribution in [0.1, 0.15) is 24.0 Å². The largest absolute Gasteiger partial charge is 0.493 e. The van der Waals surface area contributed by atoms with Crippen LogP contribution in [-0.4, -0.2) is 35.5 Å². The molecule has 1 heterocycles. The molecule has 2 aromatic rings. The molecule has 0 bridgehead atoms. The molecule has 1 saturated carbocycles. The highest BCUT2D eigenvalue weighted by molar-refractivity contribution is 5.78. The van der Waals surface area contributed by atoms with Gasteiger partial charge in [-0.25, -0.2) is 0 Å². The minimum Gasteiger partial charge on any atom is -0.493 e. The van der Waals surface area contributed by atoms with E-state index in [0.717, 1.165) is 30.4 Å². The molecule has 1 aliphatic rings. The molecule has 1 aromatic carbocycles. The third-order valence-corrected chi connectivity index (χ3v) is 4.34. The Morgan fingerprint density at radius 2 is 2.15 bits per heavy atom. The Bertz CT molecular complexity index is 757. The Morgan fingerprint density at radius 3 is 2.81 bits per heavy atom. The topological polar surface area (TPSA) is 51.7 Å². The van der Waals surface area contributed by atoms with Gasteiger partial charge in [-0.2, -0.15) is 0 Å². The molecule has 1 aliphatic carbocycles. The molecule has 0 atom stereocenters. The summed E-state index contributed by atoms with van der Waals surface area (Å²) >= 11 is 0. The van der Waals surface area contributed by atoms with Gasteiger partial charge in [-0.05, 0) is 48.6 Å². The predicted octanol–water partition coefficient (Wildman–Crippen LogP) is 3.39. The average molecular weight is 352 g/mol. The van der Waals surface area contributed by atoms with Gasteiger partial charge < -0.3 is 14.4 Å². The Hall–Kier alpha value is -2.82. The van der Waals surface area contributed by atoms with Gasteiger partial charge in [0, 0.05) is 25.0 Å². The van der Waals surface area contributed by atoms with Crippen molar-refractivity contribution in [2.24, 2.45) is 0 Å². The highest BCUT2D eigenvalue weighted by Crippen LogP contribution is 2.30. The highest BCUT2D eigenvalue weighted by Gasteiger charge is 2.32. The number of rotatable bonds is 9. The van der Waals surface area contributed by atoms with Crippen molar-refractivity contribution in [3.8, 4) is 11.5 Å². The minimum absolute atomic E-state index is 0.00602. The number of pyridine rings is 1. The molecule has 0 spiro atoms. The van der Waals surface area contributed by atoms with Gasteiger partial charge >= 0.3 is 0 Å². The number of allylic oxidation sites excluding steroid dienone is 1. The first-order valence-electron chi connectivity index (χ1n) is 8.80. The number of aromatic nitrogens is 1. The monoisotopic (exact) mass is 352 g/mol. The van der Waals surface area contributed by atoms with Crippen LogP contribution < -0.4 is 9.47 Å². The molecule has 0 N–H and O–H groups in total. The first kappa shape index (κ1) is 18.0. The SMILES string of the molecule is C=CCc1ccc(OCC(=O)N(Cc2cccnc2)C2CC2)c(OC)c1. The molecule has 1 amide bonds. The summed E-state index contributed by atoms with van der Waals surface area (Å²) in [7, 11) is 1.60. The molecule has 3 rings (SSSR count). The molecule has 0 radical (unpaired) electrons. The van der Waals surface area contributed by atoms with Crippen LogP contribution in [-0.2, 0) is 17.8 Å². The van der Waals surface area contributed by atoms with Crippen molar-refractivity contribution in [3.05, 3.63) is 66.5 Å². The number of hydrogen-bond acceptors (Lipinski definition) is 4. The first-order chi connectivity index (χ1) is 12.7. The maximum Gasteiger partial charge on any atom is 0.261 e. The van der Waals surface area contributed by atoms with Crippen LogP contribution in [0.3, 0.4) is 0 Å². The zero-order valence-corrected chi connectivity index (χ0v) is 15.1. The van der Waals surface area contributed by atoms with Crippen LogP contribution in [0, 0.1) is 0 Å². The van der Waals surface area contributed by atoms with E-state index in [1.54, 1.807) is 19.5 Å². The lowest BCUT2D eigenvalue weighted by atomic mass is 10.1. The molecule has 0 saturated heterocycles. The minimum atomic E-state index is -0.0198. The van der Waals surface area contributed by atoms with Gasteiger partial charge in [-0.3, -0.25) is 9.78 Å². The third kappa shape index (κ3) is 4.63. The summed E-state index contributed by atoms with van der Waals surface area (Å²) in [4.78, 5) is 18.7. The van der Waals surface area contributed by atoms with E-state index in [1.165, 1.54) is 0 Å². The first-order valence-corrected chi connectivity index (χ1v) is 8.80. The van der Waals surface area contributed by atoms with E-state index < -0.39 is 0 Å². The quantitative estimate of drug-likeness (QED) is 0.649. The van der Waals surface area contributed by atoms with Gasteiger partial charge in [0.2, 0.25) is 0 Å². The summed E-state index contributed by atoms with van der Waals surface area (Å²) < 4.78 is 11.2. The molecule has 0 aliphatic heterocycles. The van der Waals surface area contributed by atoms with Crippen molar-refractivity contribution in [1.82, 2.24) is 9.88 Å². The molecule has 136 valence electrons. The fourth-order valence-electron chi connectivity index (χ4n) is 2.84. The van der Waals surface area contributed by atoms with Crippen molar-refractivity contribution < 1.29 is 14.3 Å². The lowest BCUT2D eigenvalue weighted by Crippen LogP contribution is -2.36. The molecule has 5 heteroatoms. The lowest BCUT2D eigenvalue weighted by Gasteiger charge is -2.23. The zero-order chi connectivity index (χ0) is 18.4. The summed E-state index contributed by atoms with van der Waals surface area (Å²) in [5.41, 5.74) is 2.12. The molecule has 0 unspecified atom stereocenters. The summed E-state index contributed by atoms with van der Waals surface area (Å²) in [5.74, 6) is 1.18. The molecule has 1 fully saturated rings. The second kappa shape index (κ2) is 8.52. The van der Waals surface area contributed by atoms with Crippen LogP contribution >= 0.6 is 0 Å². The maximum atomic E-state index is 12.7. The van der Waals surface area contributed by atoms with E-state index in [4.69, 9.17) is 9.47 Å². The second-order valence-corrected chi connectivity index (χ2v) is 6.38. The molecular weight excluding hydrogens is 328 g/mol. The standard InChI is InChI=1S/C21H24N2O3/c1-3-5-16-7-10-19(20(12-16)25-2)26-15-21(24)23(18-8-9-18)14-17-6-4-11-22-13-17/h3-4,6-7,10-13,18H,1,5,8-9,14-15H2,2H3. The number of nitrogens with zero attached hydrogens (tertiary/aromatic N) is 2. The third-order valence-electron chi connectivity index (χ3n) is 4.34. The Labute approximate surface area is 154 Å². The van der Waals surface area contributed by atoms with E-state index >= 15 is 0 Å². The normalized spacial score (nSPS) is 13.1. The average Bonchev–Trinajstić information content (AvgIpc) is 3.51. The Kier molecular flexibility index (Phi) is 5.89. The molecular formula is C21H24N2O3. The predicted molar refractivity (Wildman–Crippen MR) is 100 cm³/mol. The van der Waals surface area contributed by atoms with Gasteiger partial charge in [0.1, 0.15) is 0 Å². The zero-order valence-electron chi connectivity index (χ0n) is 15.1. The van der Waals surface area contributed by atoms with E-state index in [0.29, 0.717) is 24.1 Å². The van der Waals surface area contributed by atoms with Crippen molar-refractivity contribution in [2.75, 3.05) is 13.7 Å². The highest BCUT2D eigenvalue weighted by atomic mass is 16.5. The number of ether oxygens (including phenoxy) is 2. The number of carbonyl (C=O) groups is 1. The van der Waals surface area contributed by atoms with E-state index in [1.807, 2.05) is 41.3 Å². The van der Waals surface area contributed by atoms with Crippen LogP contribution in [0.4, 0.5) is 0 Å². The summed E-state index contributed by atoms with van der Waals surface area (Å²) in [5, 5.41) is 0. The molecule has 1 aromatic heterocycles. The van der Waals surface area contributed by atoms with Crippen molar-refractivity contribution in [2.45, 2.75) is 31.8 Å². The fourth-order valence-corrected chi connectivity index (χ4v) is 2.84. The number of carbonyl (C=O) groups excluding carboxylic acids is 1.